The number of amides is 1. The molecule has 1 N–H and O–H groups in total. The number of halogens is 1. The molecule has 1 amide bonds. The van der Waals surface area contributed by atoms with Gasteiger partial charge in [-0.2, -0.15) is 0 Å². The largest absolute Gasteiger partial charge is 0.494 e. The first kappa shape index (κ1) is 19.7. The van der Waals surface area contributed by atoms with Crippen molar-refractivity contribution in [1.29, 1.82) is 0 Å². The Hall–Kier alpha value is -2.64. The third kappa shape index (κ3) is 4.36. The summed E-state index contributed by atoms with van der Waals surface area (Å²) in [6.45, 7) is 4.58. The Bertz CT molecular complexity index is 1160. The summed E-state index contributed by atoms with van der Waals surface area (Å²) in [7, 11) is 0. The van der Waals surface area contributed by atoms with Crippen molar-refractivity contribution in [3.05, 3.63) is 69.8 Å². The molecule has 0 saturated heterocycles. The molecule has 0 aliphatic carbocycles. The van der Waals surface area contributed by atoms with E-state index in [9.17, 15) is 4.79 Å². The lowest BCUT2D eigenvalue weighted by molar-refractivity contribution is -0.115. The second-order valence-corrected chi connectivity index (χ2v) is 8.40. The predicted octanol–water partition coefficient (Wildman–Crippen LogP) is 5.71. The van der Waals surface area contributed by atoms with Crippen molar-refractivity contribution in [2.24, 2.45) is 0 Å². The molecular weight excluding hydrogens is 450 g/mol. The first-order chi connectivity index (χ1) is 14.0. The highest BCUT2D eigenvalue weighted by Gasteiger charge is 2.13. The first-order valence-corrected chi connectivity index (χ1v) is 11.0. The minimum Gasteiger partial charge on any atom is -0.494 e. The summed E-state index contributed by atoms with van der Waals surface area (Å²) < 4.78 is 8.48. The van der Waals surface area contributed by atoms with Crippen LogP contribution in [-0.2, 0) is 11.2 Å². The van der Waals surface area contributed by atoms with Crippen LogP contribution in [0, 0.1) is 6.92 Å². The number of thiazole rings is 1. The predicted molar refractivity (Wildman–Crippen MR) is 121 cm³/mol. The quantitative estimate of drug-likeness (QED) is 0.393. The second kappa shape index (κ2) is 8.39. The average Bonchev–Trinajstić information content (AvgIpc) is 3.27. The number of nitrogens with one attached hydrogen (secondary N) is 1. The van der Waals surface area contributed by atoms with Gasteiger partial charge >= 0.3 is 0 Å². The minimum absolute atomic E-state index is 0.0496. The van der Waals surface area contributed by atoms with Gasteiger partial charge in [-0.15, -0.1) is 11.3 Å². The van der Waals surface area contributed by atoms with Crippen molar-refractivity contribution >= 4 is 43.8 Å². The number of aryl methyl sites for hydroxylation is 1. The molecule has 148 valence electrons. The van der Waals surface area contributed by atoms with Crippen molar-refractivity contribution in [2.75, 3.05) is 11.9 Å². The molecule has 0 aliphatic heterocycles. The maximum Gasteiger partial charge on any atom is 0.230 e. The van der Waals surface area contributed by atoms with Gasteiger partial charge in [0.1, 0.15) is 5.75 Å². The number of hydrogen-bond donors (Lipinski definition) is 1. The summed E-state index contributed by atoms with van der Waals surface area (Å²) >= 11 is 4.98. The highest BCUT2D eigenvalue weighted by molar-refractivity contribution is 9.10. The van der Waals surface area contributed by atoms with E-state index in [2.05, 4.69) is 21.2 Å². The molecule has 0 radical (unpaired) electrons. The smallest absolute Gasteiger partial charge is 0.230 e. The van der Waals surface area contributed by atoms with Crippen LogP contribution in [0.15, 0.2) is 58.5 Å². The van der Waals surface area contributed by atoms with Crippen LogP contribution >= 0.6 is 27.3 Å². The average molecular weight is 470 g/mol. The summed E-state index contributed by atoms with van der Waals surface area (Å²) in [6, 6.07) is 13.7. The van der Waals surface area contributed by atoms with Gasteiger partial charge in [-0.3, -0.25) is 9.20 Å². The molecule has 0 fully saturated rings. The topological polar surface area (TPSA) is 55.6 Å². The highest BCUT2D eigenvalue weighted by atomic mass is 79.9. The molecule has 2 heterocycles. The fourth-order valence-corrected chi connectivity index (χ4v) is 4.46. The third-order valence-electron chi connectivity index (χ3n) is 4.55. The molecule has 0 bridgehead atoms. The molecule has 0 spiro atoms. The van der Waals surface area contributed by atoms with Gasteiger partial charge in [0, 0.05) is 33.0 Å². The monoisotopic (exact) mass is 469 g/mol. The molecule has 29 heavy (non-hydrogen) atoms. The van der Waals surface area contributed by atoms with Crippen molar-refractivity contribution < 1.29 is 9.53 Å². The maximum atomic E-state index is 12.6. The number of rotatable bonds is 6. The molecule has 7 heteroatoms. The summed E-state index contributed by atoms with van der Waals surface area (Å²) in [5.41, 5.74) is 4.66. The van der Waals surface area contributed by atoms with Gasteiger partial charge in [0.15, 0.2) is 4.96 Å². The number of nitrogens with zero attached hydrogens (tertiary/aromatic N) is 2. The van der Waals surface area contributed by atoms with E-state index >= 15 is 0 Å². The lowest BCUT2D eigenvalue weighted by Gasteiger charge is -2.08. The van der Waals surface area contributed by atoms with E-state index in [4.69, 9.17) is 9.72 Å². The fraction of sp³-hybridized carbons (Fsp3) is 0.182. The van der Waals surface area contributed by atoms with E-state index in [-0.39, 0.29) is 12.3 Å². The normalized spacial score (nSPS) is 11.0. The number of aromatic nitrogens is 2. The Kier molecular flexibility index (Phi) is 5.69. The summed E-state index contributed by atoms with van der Waals surface area (Å²) in [4.78, 5) is 18.1. The number of ether oxygens (including phenoxy) is 1. The summed E-state index contributed by atoms with van der Waals surface area (Å²) in [5.74, 6) is 0.796. The lowest BCUT2D eigenvalue weighted by atomic mass is 10.1. The highest BCUT2D eigenvalue weighted by Crippen LogP contribution is 2.26. The lowest BCUT2D eigenvalue weighted by Crippen LogP contribution is -2.16. The molecule has 0 aliphatic rings. The molecule has 4 aromatic rings. The second-order valence-electron chi connectivity index (χ2n) is 6.65. The van der Waals surface area contributed by atoms with Crippen LogP contribution in [0.2, 0.25) is 0 Å². The molecule has 0 atom stereocenters. The van der Waals surface area contributed by atoms with Crippen LogP contribution in [0.1, 0.15) is 18.2 Å². The molecule has 0 saturated carbocycles. The van der Waals surface area contributed by atoms with E-state index in [1.54, 1.807) is 0 Å². The summed E-state index contributed by atoms with van der Waals surface area (Å²) in [6.07, 6.45) is 2.27. The van der Waals surface area contributed by atoms with Gasteiger partial charge in [-0.25, -0.2) is 4.98 Å². The third-order valence-corrected chi connectivity index (χ3v) is 5.93. The van der Waals surface area contributed by atoms with Crippen LogP contribution in [-0.4, -0.2) is 21.9 Å². The number of benzene rings is 2. The van der Waals surface area contributed by atoms with E-state index in [1.165, 1.54) is 11.3 Å². The number of anilines is 1. The molecule has 4 rings (SSSR count). The van der Waals surface area contributed by atoms with E-state index < -0.39 is 0 Å². The number of carbonyl (C=O) groups is 1. The van der Waals surface area contributed by atoms with Crippen LogP contribution in [0.3, 0.4) is 0 Å². The number of fused-ring (bicyclic) bond motifs is 1. The Morgan fingerprint density at radius 1 is 1.24 bits per heavy atom. The van der Waals surface area contributed by atoms with Crippen LogP contribution in [0.5, 0.6) is 5.75 Å². The van der Waals surface area contributed by atoms with Crippen molar-refractivity contribution in [1.82, 2.24) is 9.38 Å². The zero-order chi connectivity index (χ0) is 20.4. The fourth-order valence-electron chi connectivity index (χ4n) is 3.11. The number of hydrogen-bond acceptors (Lipinski definition) is 4. The van der Waals surface area contributed by atoms with Crippen LogP contribution < -0.4 is 10.1 Å². The van der Waals surface area contributed by atoms with Gasteiger partial charge in [0.25, 0.3) is 0 Å². The minimum atomic E-state index is -0.0496. The number of carbonyl (C=O) groups excluding carboxylic acids is 1. The Morgan fingerprint density at radius 2 is 2.03 bits per heavy atom. The molecule has 2 aromatic carbocycles. The van der Waals surface area contributed by atoms with E-state index in [1.807, 2.05) is 72.3 Å². The van der Waals surface area contributed by atoms with E-state index in [0.717, 1.165) is 43.4 Å². The summed E-state index contributed by atoms with van der Waals surface area (Å²) in [5, 5.41) is 4.98. The zero-order valence-electron chi connectivity index (χ0n) is 16.1. The molecule has 0 unspecified atom stereocenters. The van der Waals surface area contributed by atoms with Gasteiger partial charge < -0.3 is 10.1 Å². The van der Waals surface area contributed by atoms with Gasteiger partial charge in [-0.05, 0) is 61.9 Å². The van der Waals surface area contributed by atoms with Crippen molar-refractivity contribution in [2.45, 2.75) is 20.3 Å². The standard InChI is InChI=1S/C22H20BrN3O2S/c1-3-28-18-7-4-15(5-8-18)20-12-26-17(13-29-22(26)25-20)11-21(27)24-19-9-6-16(23)10-14(19)2/h4-10,12-13H,3,11H2,1-2H3,(H,24,27). The molecule has 2 aromatic heterocycles. The SMILES string of the molecule is CCOc1ccc(-c2cn3c(CC(=O)Nc4ccc(Br)cc4C)csc3n2)cc1. The van der Waals surface area contributed by atoms with Crippen molar-refractivity contribution in [3.8, 4) is 17.0 Å². The van der Waals surface area contributed by atoms with Crippen molar-refractivity contribution in [3.63, 3.8) is 0 Å². The molecular formula is C22H20BrN3O2S. The van der Waals surface area contributed by atoms with E-state index in [0.29, 0.717) is 6.61 Å². The molecule has 5 nitrogen and oxygen atoms in total. The zero-order valence-corrected chi connectivity index (χ0v) is 18.5. The van der Waals surface area contributed by atoms with Gasteiger partial charge in [0.05, 0.1) is 18.7 Å². The van der Waals surface area contributed by atoms with Crippen LogP contribution in [0.25, 0.3) is 16.2 Å². The maximum absolute atomic E-state index is 12.6. The number of imidazole rings is 1. The Morgan fingerprint density at radius 3 is 2.76 bits per heavy atom. The Labute approximate surface area is 181 Å². The van der Waals surface area contributed by atoms with Gasteiger partial charge in [0.2, 0.25) is 5.91 Å². The van der Waals surface area contributed by atoms with Gasteiger partial charge in [-0.1, -0.05) is 15.9 Å². The first-order valence-electron chi connectivity index (χ1n) is 9.28. The van der Waals surface area contributed by atoms with Crippen LogP contribution in [0.4, 0.5) is 5.69 Å². The Balaban J connectivity index is 1.52.